The first-order valence-electron chi connectivity index (χ1n) is 5.88. The van der Waals surface area contributed by atoms with Crippen LogP contribution in [0.1, 0.15) is 0 Å². The van der Waals surface area contributed by atoms with Gasteiger partial charge in [0.05, 0.1) is 12.9 Å². The number of amides is 1. The lowest BCUT2D eigenvalue weighted by Gasteiger charge is -2.05. The molecule has 0 fully saturated rings. The largest absolute Gasteiger partial charge is 0.496 e. The first-order chi connectivity index (χ1) is 9.65. The summed E-state index contributed by atoms with van der Waals surface area (Å²) in [6, 6.07) is 7.59. The molecule has 7 heteroatoms. The van der Waals surface area contributed by atoms with Crippen LogP contribution in [0.15, 0.2) is 28.6 Å². The van der Waals surface area contributed by atoms with E-state index in [1.165, 1.54) is 23.1 Å². The van der Waals surface area contributed by atoms with Crippen molar-refractivity contribution in [2.24, 2.45) is 0 Å². The minimum Gasteiger partial charge on any atom is -0.496 e. The van der Waals surface area contributed by atoms with Crippen molar-refractivity contribution in [2.75, 3.05) is 25.6 Å². The van der Waals surface area contributed by atoms with E-state index in [1.807, 2.05) is 24.3 Å². The number of ether oxygens (including phenoxy) is 1. The number of methoxy groups -OCH3 is 1. The fourth-order valence-electron chi connectivity index (χ4n) is 1.61. The van der Waals surface area contributed by atoms with E-state index in [-0.39, 0.29) is 5.91 Å². The number of nitrogens with one attached hydrogen (secondary N) is 1. The van der Waals surface area contributed by atoms with Gasteiger partial charge in [-0.05, 0) is 12.1 Å². The van der Waals surface area contributed by atoms with Gasteiger partial charge in [-0.2, -0.15) is 0 Å². The van der Waals surface area contributed by atoms with Gasteiger partial charge < -0.3 is 15.8 Å². The zero-order valence-corrected chi connectivity index (χ0v) is 12.8. The lowest BCUT2D eigenvalue weighted by atomic mass is 10.1. The van der Waals surface area contributed by atoms with Crippen molar-refractivity contribution in [1.29, 1.82) is 0 Å². The van der Waals surface area contributed by atoms with Crippen LogP contribution >= 0.6 is 23.1 Å². The minimum atomic E-state index is -0.0392. The standard InChI is InChI=1S/C13H15N3O2S2/c1-15-10(17)7-19-13-16-11(12(14)20-13)8-5-3-4-6-9(8)18-2/h3-6H,7,14H2,1-2H3,(H,15,17). The van der Waals surface area contributed by atoms with E-state index in [9.17, 15) is 4.79 Å². The number of rotatable bonds is 5. The van der Waals surface area contributed by atoms with Crippen LogP contribution in [0, 0.1) is 0 Å². The number of aromatic nitrogens is 1. The van der Waals surface area contributed by atoms with Gasteiger partial charge in [0.15, 0.2) is 4.34 Å². The summed E-state index contributed by atoms with van der Waals surface area (Å²) in [5.41, 5.74) is 7.58. The molecule has 0 atom stereocenters. The Kier molecular flexibility index (Phi) is 4.86. The lowest BCUT2D eigenvalue weighted by Crippen LogP contribution is -2.19. The number of carbonyl (C=O) groups is 1. The van der Waals surface area contributed by atoms with Crippen molar-refractivity contribution in [3.8, 4) is 17.0 Å². The molecule has 3 N–H and O–H groups in total. The first kappa shape index (κ1) is 14.7. The number of hydrogen-bond donors (Lipinski definition) is 2. The zero-order chi connectivity index (χ0) is 14.5. The maximum atomic E-state index is 11.2. The van der Waals surface area contributed by atoms with E-state index >= 15 is 0 Å². The molecule has 0 aliphatic rings. The van der Waals surface area contributed by atoms with Crippen LogP contribution < -0.4 is 15.8 Å². The summed E-state index contributed by atoms with van der Waals surface area (Å²) in [6.07, 6.45) is 0. The van der Waals surface area contributed by atoms with Gasteiger partial charge in [-0.3, -0.25) is 4.79 Å². The highest BCUT2D eigenvalue weighted by Gasteiger charge is 2.15. The van der Waals surface area contributed by atoms with Crippen molar-refractivity contribution >= 4 is 34.0 Å². The van der Waals surface area contributed by atoms with Crippen LogP contribution in [0.2, 0.25) is 0 Å². The first-order valence-corrected chi connectivity index (χ1v) is 7.69. The third-order valence-electron chi connectivity index (χ3n) is 2.60. The molecule has 106 valence electrons. The highest BCUT2D eigenvalue weighted by Crippen LogP contribution is 2.38. The number of thiazole rings is 1. The van der Waals surface area contributed by atoms with Crippen LogP contribution in [0.4, 0.5) is 5.00 Å². The third-order valence-corrected chi connectivity index (χ3v) is 4.63. The molecule has 0 bridgehead atoms. The van der Waals surface area contributed by atoms with Crippen LogP contribution in [-0.2, 0) is 4.79 Å². The molecular weight excluding hydrogens is 294 g/mol. The maximum absolute atomic E-state index is 11.2. The average Bonchev–Trinajstić information content (AvgIpc) is 2.85. The van der Waals surface area contributed by atoms with Crippen molar-refractivity contribution in [2.45, 2.75) is 4.34 Å². The van der Waals surface area contributed by atoms with Crippen LogP contribution in [0.5, 0.6) is 5.75 Å². The molecule has 2 aromatic rings. The topological polar surface area (TPSA) is 77.2 Å². The summed E-state index contributed by atoms with van der Waals surface area (Å²) in [5, 5.41) is 3.19. The van der Waals surface area contributed by atoms with Crippen LogP contribution in [0.3, 0.4) is 0 Å². The number of anilines is 1. The number of benzene rings is 1. The fourth-order valence-corrected chi connectivity index (χ4v) is 3.42. The average molecular weight is 309 g/mol. The van der Waals surface area contributed by atoms with Gasteiger partial charge >= 0.3 is 0 Å². The van der Waals surface area contributed by atoms with Gasteiger partial charge in [0.1, 0.15) is 16.4 Å². The highest BCUT2D eigenvalue weighted by molar-refractivity contribution is 8.01. The second-order valence-electron chi connectivity index (χ2n) is 3.85. The van der Waals surface area contributed by atoms with Crippen molar-refractivity contribution < 1.29 is 9.53 Å². The van der Waals surface area contributed by atoms with E-state index in [0.29, 0.717) is 16.4 Å². The van der Waals surface area contributed by atoms with Gasteiger partial charge in [-0.25, -0.2) is 4.98 Å². The van der Waals surface area contributed by atoms with E-state index in [4.69, 9.17) is 10.5 Å². The van der Waals surface area contributed by atoms with Gasteiger partial charge in [-0.1, -0.05) is 35.2 Å². The quantitative estimate of drug-likeness (QED) is 0.828. The predicted octanol–water partition coefficient (Wildman–Crippen LogP) is 2.24. The number of thioether (sulfide) groups is 1. The van der Waals surface area contributed by atoms with E-state index in [2.05, 4.69) is 10.3 Å². The molecule has 1 amide bonds. The molecule has 1 aromatic heterocycles. The van der Waals surface area contributed by atoms with Crippen molar-refractivity contribution in [3.05, 3.63) is 24.3 Å². The van der Waals surface area contributed by atoms with Gasteiger partial charge in [0, 0.05) is 12.6 Å². The van der Waals surface area contributed by atoms with E-state index < -0.39 is 0 Å². The van der Waals surface area contributed by atoms with Gasteiger partial charge in [0.2, 0.25) is 5.91 Å². The number of nitrogens with zero attached hydrogens (tertiary/aromatic N) is 1. The summed E-state index contributed by atoms with van der Waals surface area (Å²) in [6.45, 7) is 0. The molecule has 20 heavy (non-hydrogen) atoms. The summed E-state index contributed by atoms with van der Waals surface area (Å²) in [7, 11) is 3.22. The zero-order valence-electron chi connectivity index (χ0n) is 11.2. The molecule has 1 aromatic carbocycles. The molecule has 5 nitrogen and oxygen atoms in total. The van der Waals surface area contributed by atoms with Crippen LogP contribution in [0.25, 0.3) is 11.3 Å². The Morgan fingerprint density at radius 2 is 2.25 bits per heavy atom. The number of nitrogens with two attached hydrogens (primary N) is 1. The highest BCUT2D eigenvalue weighted by atomic mass is 32.2. The molecule has 2 rings (SSSR count). The molecular formula is C13H15N3O2S2. The summed E-state index contributed by atoms with van der Waals surface area (Å²) in [4.78, 5) is 15.7. The molecule has 0 unspecified atom stereocenters. The monoisotopic (exact) mass is 309 g/mol. The molecule has 0 saturated heterocycles. The number of nitrogen functional groups attached to an aromatic ring is 1. The lowest BCUT2D eigenvalue weighted by molar-refractivity contribution is -0.118. The Hall–Kier alpha value is -1.73. The van der Waals surface area contributed by atoms with Crippen molar-refractivity contribution in [1.82, 2.24) is 10.3 Å². The molecule has 1 heterocycles. The molecule has 0 aliphatic heterocycles. The van der Waals surface area contributed by atoms with Crippen LogP contribution in [-0.4, -0.2) is 30.8 Å². The molecule has 0 aliphatic carbocycles. The van der Waals surface area contributed by atoms with Gasteiger partial charge in [-0.15, -0.1) is 0 Å². The Balaban J connectivity index is 2.25. The minimum absolute atomic E-state index is 0.0392. The number of hydrogen-bond acceptors (Lipinski definition) is 6. The smallest absolute Gasteiger partial charge is 0.230 e. The second-order valence-corrected chi connectivity index (χ2v) is 6.11. The summed E-state index contributed by atoms with van der Waals surface area (Å²) >= 11 is 2.75. The second kappa shape index (κ2) is 6.62. The van der Waals surface area contributed by atoms with Crippen molar-refractivity contribution in [3.63, 3.8) is 0 Å². The SMILES string of the molecule is CNC(=O)CSc1nc(-c2ccccc2OC)c(N)s1. The Bertz CT molecular complexity index is 613. The Morgan fingerprint density at radius 1 is 1.50 bits per heavy atom. The third kappa shape index (κ3) is 3.23. The number of carbonyl (C=O) groups excluding carboxylic acids is 1. The molecule has 0 saturated carbocycles. The fraction of sp³-hybridized carbons (Fsp3) is 0.231. The Labute approximate surface area is 125 Å². The maximum Gasteiger partial charge on any atom is 0.230 e. The summed E-state index contributed by atoms with van der Waals surface area (Å²) < 4.78 is 6.09. The molecule has 0 radical (unpaired) electrons. The normalized spacial score (nSPS) is 10.3. The Morgan fingerprint density at radius 3 is 2.95 bits per heavy atom. The van der Waals surface area contributed by atoms with E-state index in [0.717, 1.165) is 15.7 Å². The van der Waals surface area contributed by atoms with E-state index in [1.54, 1.807) is 14.2 Å². The number of para-hydroxylation sites is 1. The summed E-state index contributed by atoms with van der Waals surface area (Å²) in [5.74, 6) is 1.02. The van der Waals surface area contributed by atoms with Gasteiger partial charge in [0.25, 0.3) is 0 Å². The molecule has 0 spiro atoms. The predicted molar refractivity (Wildman–Crippen MR) is 83.3 cm³/mol.